The molecule has 0 aliphatic heterocycles. The number of thioether (sulfide) groups is 1. The summed E-state index contributed by atoms with van der Waals surface area (Å²) in [7, 11) is 0. The van der Waals surface area contributed by atoms with E-state index in [-0.39, 0.29) is 11.8 Å². The van der Waals surface area contributed by atoms with E-state index in [4.69, 9.17) is 11.6 Å². The van der Waals surface area contributed by atoms with Gasteiger partial charge in [-0.1, -0.05) is 71.8 Å². The van der Waals surface area contributed by atoms with E-state index in [1.165, 1.54) is 5.56 Å². The second kappa shape index (κ2) is 13.2. The van der Waals surface area contributed by atoms with Crippen LogP contribution in [0.1, 0.15) is 30.0 Å². The maximum Gasteiger partial charge on any atom is 0.243 e. The maximum atomic E-state index is 13.5. The number of carbonyl (C=O) groups excluding carboxylic acids is 2. The number of nitrogens with one attached hydrogen (secondary N) is 1. The number of benzene rings is 3. The number of likely N-dealkylation sites (N-methyl/N-ethyl adjacent to an activating group) is 1. The third-order valence-electron chi connectivity index (χ3n) is 5.47. The van der Waals surface area contributed by atoms with Crippen molar-refractivity contribution in [3.8, 4) is 0 Å². The largest absolute Gasteiger partial charge is 0.355 e. The summed E-state index contributed by atoms with van der Waals surface area (Å²) in [5.41, 5.74) is 3.12. The van der Waals surface area contributed by atoms with Crippen LogP contribution in [0.3, 0.4) is 0 Å². The molecule has 6 heteroatoms. The normalized spacial score (nSPS) is 11.6. The average Bonchev–Trinajstić information content (AvgIpc) is 2.83. The van der Waals surface area contributed by atoms with Crippen molar-refractivity contribution >= 4 is 35.2 Å². The SMILES string of the molecule is CCNC(=O)[C@H](Cc1ccccc1)N(Cc1cccc(Cl)c1)C(=O)CCSc1ccc(C)cc1. The second-order valence-electron chi connectivity index (χ2n) is 8.16. The van der Waals surface area contributed by atoms with Crippen LogP contribution in [0.2, 0.25) is 5.02 Å². The Bertz CT molecular complexity index is 1070. The van der Waals surface area contributed by atoms with Gasteiger partial charge in [-0.15, -0.1) is 11.8 Å². The number of nitrogens with zero attached hydrogens (tertiary/aromatic N) is 1. The molecule has 3 rings (SSSR count). The van der Waals surface area contributed by atoms with Crippen LogP contribution in [0.5, 0.6) is 0 Å². The van der Waals surface area contributed by atoms with E-state index in [1.807, 2.05) is 55.5 Å². The minimum atomic E-state index is -0.613. The summed E-state index contributed by atoms with van der Waals surface area (Å²) < 4.78 is 0. The number of hydrogen-bond donors (Lipinski definition) is 1. The average molecular weight is 495 g/mol. The highest BCUT2D eigenvalue weighted by atomic mass is 35.5. The summed E-state index contributed by atoms with van der Waals surface area (Å²) in [5, 5.41) is 3.53. The van der Waals surface area contributed by atoms with Crippen molar-refractivity contribution in [3.63, 3.8) is 0 Å². The van der Waals surface area contributed by atoms with Gasteiger partial charge in [-0.2, -0.15) is 0 Å². The standard InChI is InChI=1S/C28H31ClN2O2S/c1-3-30-28(33)26(19-22-8-5-4-6-9-22)31(20-23-10-7-11-24(29)18-23)27(32)16-17-34-25-14-12-21(2)13-15-25/h4-15,18,26H,3,16-17,19-20H2,1-2H3,(H,30,33)/t26-/m0/s1. The molecular formula is C28H31ClN2O2S. The van der Waals surface area contributed by atoms with Crippen LogP contribution < -0.4 is 5.32 Å². The van der Waals surface area contributed by atoms with Crippen molar-refractivity contribution in [3.05, 3.63) is 101 Å². The van der Waals surface area contributed by atoms with Crippen LogP contribution >= 0.6 is 23.4 Å². The van der Waals surface area contributed by atoms with Crippen LogP contribution in [0, 0.1) is 6.92 Å². The van der Waals surface area contributed by atoms with Gasteiger partial charge in [0.2, 0.25) is 11.8 Å². The number of amides is 2. The van der Waals surface area contributed by atoms with Crippen LogP contribution in [-0.2, 0) is 22.6 Å². The van der Waals surface area contributed by atoms with Crippen molar-refractivity contribution in [2.45, 2.75) is 44.2 Å². The van der Waals surface area contributed by atoms with Crippen LogP contribution in [0.25, 0.3) is 0 Å². The molecule has 0 bridgehead atoms. The molecule has 1 atom stereocenters. The predicted octanol–water partition coefficient (Wildman–Crippen LogP) is 5.91. The summed E-state index contributed by atoms with van der Waals surface area (Å²) in [6.45, 7) is 4.77. The fourth-order valence-electron chi connectivity index (χ4n) is 3.71. The van der Waals surface area contributed by atoms with Crippen molar-refractivity contribution in [2.24, 2.45) is 0 Å². The van der Waals surface area contributed by atoms with Gasteiger partial charge in [-0.3, -0.25) is 9.59 Å². The van der Waals surface area contributed by atoms with Gasteiger partial charge in [0.1, 0.15) is 6.04 Å². The molecule has 0 fully saturated rings. The minimum Gasteiger partial charge on any atom is -0.355 e. The molecular weight excluding hydrogens is 464 g/mol. The molecule has 34 heavy (non-hydrogen) atoms. The molecule has 0 spiro atoms. The number of carbonyl (C=O) groups is 2. The molecule has 0 aromatic heterocycles. The summed E-state index contributed by atoms with van der Waals surface area (Å²) in [5.74, 6) is 0.446. The molecule has 0 saturated heterocycles. The first-order chi connectivity index (χ1) is 16.5. The van der Waals surface area contributed by atoms with Gasteiger partial charge in [0, 0.05) is 41.6 Å². The van der Waals surface area contributed by atoms with Gasteiger partial charge in [0.25, 0.3) is 0 Å². The van der Waals surface area contributed by atoms with Gasteiger partial charge >= 0.3 is 0 Å². The molecule has 0 aliphatic carbocycles. The zero-order chi connectivity index (χ0) is 24.3. The first kappa shape index (κ1) is 25.9. The molecule has 0 unspecified atom stereocenters. The summed E-state index contributed by atoms with van der Waals surface area (Å²) in [4.78, 5) is 29.5. The maximum absolute atomic E-state index is 13.5. The fourth-order valence-corrected chi connectivity index (χ4v) is 4.77. The Morgan fingerprint density at radius 3 is 2.35 bits per heavy atom. The molecule has 2 amide bonds. The number of aryl methyl sites for hydroxylation is 1. The van der Waals surface area contributed by atoms with Crippen LogP contribution in [0.15, 0.2) is 83.8 Å². The smallest absolute Gasteiger partial charge is 0.243 e. The Balaban J connectivity index is 1.81. The highest BCUT2D eigenvalue weighted by Crippen LogP contribution is 2.22. The van der Waals surface area contributed by atoms with Crippen molar-refractivity contribution in [1.29, 1.82) is 0 Å². The first-order valence-electron chi connectivity index (χ1n) is 11.5. The topological polar surface area (TPSA) is 49.4 Å². The molecule has 0 saturated carbocycles. The van der Waals surface area contributed by atoms with Crippen molar-refractivity contribution in [1.82, 2.24) is 10.2 Å². The lowest BCUT2D eigenvalue weighted by Gasteiger charge is -2.31. The number of hydrogen-bond acceptors (Lipinski definition) is 3. The highest BCUT2D eigenvalue weighted by molar-refractivity contribution is 7.99. The number of rotatable bonds is 11. The third kappa shape index (κ3) is 7.93. The quantitative estimate of drug-likeness (QED) is 0.337. The van der Waals surface area contributed by atoms with E-state index < -0.39 is 6.04 Å². The van der Waals surface area contributed by atoms with E-state index in [2.05, 4.69) is 36.5 Å². The summed E-state index contributed by atoms with van der Waals surface area (Å²) in [6.07, 6.45) is 0.786. The fraction of sp³-hybridized carbons (Fsp3) is 0.286. The van der Waals surface area contributed by atoms with Crippen LogP contribution in [-0.4, -0.2) is 35.1 Å². The lowest BCUT2D eigenvalue weighted by Crippen LogP contribution is -2.50. The zero-order valence-electron chi connectivity index (χ0n) is 19.7. The lowest BCUT2D eigenvalue weighted by molar-refractivity contribution is -0.140. The van der Waals surface area contributed by atoms with Crippen LogP contribution in [0.4, 0.5) is 0 Å². The summed E-state index contributed by atoms with van der Waals surface area (Å²) in [6, 6.07) is 24.9. The number of halogens is 1. The Morgan fingerprint density at radius 1 is 0.971 bits per heavy atom. The molecule has 3 aromatic carbocycles. The van der Waals surface area contributed by atoms with Crippen molar-refractivity contribution in [2.75, 3.05) is 12.3 Å². The molecule has 4 nitrogen and oxygen atoms in total. The Hall–Kier alpha value is -2.76. The van der Waals surface area contributed by atoms with Crippen molar-refractivity contribution < 1.29 is 9.59 Å². The van der Waals surface area contributed by atoms with Gasteiger partial charge in [-0.25, -0.2) is 0 Å². The zero-order valence-corrected chi connectivity index (χ0v) is 21.2. The van der Waals surface area contributed by atoms with Gasteiger partial charge in [0.05, 0.1) is 0 Å². The monoisotopic (exact) mass is 494 g/mol. The van der Waals surface area contributed by atoms with E-state index in [0.717, 1.165) is 16.0 Å². The second-order valence-corrected chi connectivity index (χ2v) is 9.77. The lowest BCUT2D eigenvalue weighted by atomic mass is 10.0. The van der Waals surface area contributed by atoms with Gasteiger partial charge in [-0.05, 0) is 49.2 Å². The first-order valence-corrected chi connectivity index (χ1v) is 12.9. The van der Waals surface area contributed by atoms with Gasteiger partial charge in [0.15, 0.2) is 0 Å². The molecule has 0 radical (unpaired) electrons. The Labute approximate surface area is 211 Å². The molecule has 3 aromatic rings. The summed E-state index contributed by atoms with van der Waals surface area (Å²) >= 11 is 7.85. The minimum absolute atomic E-state index is 0.0493. The molecule has 178 valence electrons. The third-order valence-corrected chi connectivity index (χ3v) is 6.72. The highest BCUT2D eigenvalue weighted by Gasteiger charge is 2.29. The molecule has 0 heterocycles. The Morgan fingerprint density at radius 2 is 1.68 bits per heavy atom. The van der Waals surface area contributed by atoms with E-state index in [0.29, 0.717) is 36.7 Å². The van der Waals surface area contributed by atoms with E-state index in [1.54, 1.807) is 22.7 Å². The molecule has 1 N–H and O–H groups in total. The van der Waals surface area contributed by atoms with Gasteiger partial charge < -0.3 is 10.2 Å². The molecule has 0 aliphatic rings. The van der Waals surface area contributed by atoms with E-state index in [9.17, 15) is 9.59 Å². The van der Waals surface area contributed by atoms with E-state index >= 15 is 0 Å². The predicted molar refractivity (Wildman–Crippen MR) is 141 cm³/mol. The Kier molecular flexibility index (Phi) is 10.0.